The van der Waals surface area contributed by atoms with Gasteiger partial charge in [0.1, 0.15) is 5.82 Å². The Bertz CT molecular complexity index is 671. The van der Waals surface area contributed by atoms with Crippen molar-refractivity contribution in [2.75, 3.05) is 13.1 Å². The van der Waals surface area contributed by atoms with Crippen LogP contribution in [0.5, 0.6) is 0 Å². The second-order valence-electron chi connectivity index (χ2n) is 5.32. The highest BCUT2D eigenvalue weighted by atomic mass is 35.7. The van der Waals surface area contributed by atoms with Crippen LogP contribution in [-0.4, -0.2) is 32.3 Å². The van der Waals surface area contributed by atoms with E-state index >= 15 is 0 Å². The Kier molecular flexibility index (Phi) is 4.58. The number of halogens is 2. The van der Waals surface area contributed by atoms with Gasteiger partial charge in [-0.2, -0.15) is 0 Å². The van der Waals surface area contributed by atoms with Crippen LogP contribution in [0.1, 0.15) is 35.7 Å². The van der Waals surface area contributed by atoms with Gasteiger partial charge in [-0.3, -0.25) is 4.79 Å². The van der Waals surface area contributed by atoms with Crippen LogP contribution in [0.25, 0.3) is 0 Å². The molecule has 1 aliphatic rings. The van der Waals surface area contributed by atoms with Crippen LogP contribution in [0.2, 0.25) is 0 Å². The van der Waals surface area contributed by atoms with Gasteiger partial charge in [-0.05, 0) is 50.3 Å². The number of hydrogen-bond donors (Lipinski definition) is 0. The minimum absolute atomic E-state index is 0.185. The van der Waals surface area contributed by atoms with Crippen molar-refractivity contribution in [1.29, 1.82) is 0 Å². The fraction of sp³-hybridized carbons (Fsp3) is 0.500. The minimum Gasteiger partial charge on any atom is -0.339 e. The number of nitrogens with zero attached hydrogens (tertiary/aromatic N) is 1. The van der Waals surface area contributed by atoms with E-state index < -0.39 is 20.8 Å². The topological polar surface area (TPSA) is 54.5 Å². The van der Waals surface area contributed by atoms with E-state index in [0.29, 0.717) is 19.0 Å². The van der Waals surface area contributed by atoms with Crippen molar-refractivity contribution in [1.82, 2.24) is 4.90 Å². The molecular weight excluding hydrogens is 317 g/mol. The van der Waals surface area contributed by atoms with Crippen LogP contribution in [0.4, 0.5) is 4.39 Å². The molecule has 1 aliphatic carbocycles. The molecule has 0 radical (unpaired) electrons. The highest BCUT2D eigenvalue weighted by Gasteiger charge is 2.28. The van der Waals surface area contributed by atoms with Crippen LogP contribution in [-0.2, 0) is 9.05 Å². The van der Waals surface area contributed by atoms with Crippen LogP contribution < -0.4 is 0 Å². The number of rotatable bonds is 5. The first-order valence-electron chi connectivity index (χ1n) is 6.78. The van der Waals surface area contributed by atoms with Crippen molar-refractivity contribution in [3.63, 3.8) is 0 Å². The first-order valence-corrected chi connectivity index (χ1v) is 9.09. The molecule has 116 valence electrons. The van der Waals surface area contributed by atoms with E-state index in [9.17, 15) is 17.6 Å². The zero-order valence-corrected chi connectivity index (χ0v) is 13.5. The summed E-state index contributed by atoms with van der Waals surface area (Å²) < 4.78 is 37.0. The highest BCUT2D eigenvalue weighted by molar-refractivity contribution is 8.13. The summed E-state index contributed by atoms with van der Waals surface area (Å²) in [5.41, 5.74) is -0.0633. The Labute approximate surface area is 128 Å². The number of benzene rings is 1. The Balaban J connectivity index is 2.39. The van der Waals surface area contributed by atoms with Gasteiger partial charge in [-0.25, -0.2) is 12.8 Å². The predicted molar refractivity (Wildman–Crippen MR) is 78.5 cm³/mol. The van der Waals surface area contributed by atoms with Crippen molar-refractivity contribution >= 4 is 25.6 Å². The maximum Gasteiger partial charge on any atom is 0.261 e. The molecule has 1 fully saturated rings. The monoisotopic (exact) mass is 333 g/mol. The van der Waals surface area contributed by atoms with Crippen molar-refractivity contribution in [2.24, 2.45) is 5.92 Å². The molecule has 4 nitrogen and oxygen atoms in total. The smallest absolute Gasteiger partial charge is 0.261 e. The third-order valence-corrected chi connectivity index (χ3v) is 5.07. The molecule has 1 saturated carbocycles. The zero-order valence-electron chi connectivity index (χ0n) is 11.9. The zero-order chi connectivity index (χ0) is 15.8. The summed E-state index contributed by atoms with van der Waals surface area (Å²) in [6, 6.07) is 2.07. The molecule has 0 aliphatic heterocycles. The predicted octanol–water partition coefficient (Wildman–Crippen LogP) is 2.93. The largest absolute Gasteiger partial charge is 0.339 e. The summed E-state index contributed by atoms with van der Waals surface area (Å²) in [5, 5.41) is 0. The Morgan fingerprint density at radius 3 is 2.52 bits per heavy atom. The third-order valence-electron chi connectivity index (χ3n) is 3.60. The van der Waals surface area contributed by atoms with E-state index in [2.05, 4.69) is 0 Å². The number of hydrogen-bond acceptors (Lipinski definition) is 3. The van der Waals surface area contributed by atoms with Crippen LogP contribution in [0.15, 0.2) is 17.0 Å². The molecule has 0 aromatic heterocycles. The van der Waals surface area contributed by atoms with Crippen molar-refractivity contribution < 1.29 is 17.6 Å². The van der Waals surface area contributed by atoms with E-state index in [0.717, 1.165) is 25.0 Å². The van der Waals surface area contributed by atoms with Gasteiger partial charge >= 0.3 is 0 Å². The fourth-order valence-electron chi connectivity index (χ4n) is 2.22. The van der Waals surface area contributed by atoms with Gasteiger partial charge in [0.2, 0.25) is 0 Å². The normalized spacial score (nSPS) is 15.0. The van der Waals surface area contributed by atoms with Gasteiger partial charge in [-0.15, -0.1) is 0 Å². The summed E-state index contributed by atoms with van der Waals surface area (Å²) in [6.07, 6.45) is 2.14. The molecule has 0 N–H and O–H groups in total. The molecule has 0 spiro atoms. The van der Waals surface area contributed by atoms with Gasteiger partial charge < -0.3 is 4.90 Å². The average molecular weight is 334 g/mol. The molecule has 0 atom stereocenters. The van der Waals surface area contributed by atoms with Crippen LogP contribution in [0, 0.1) is 18.7 Å². The van der Waals surface area contributed by atoms with Crippen molar-refractivity contribution in [3.05, 3.63) is 29.1 Å². The van der Waals surface area contributed by atoms with E-state index in [1.807, 2.05) is 6.92 Å². The van der Waals surface area contributed by atoms with Gasteiger partial charge in [0, 0.05) is 23.8 Å². The van der Waals surface area contributed by atoms with Gasteiger partial charge in [-0.1, -0.05) is 0 Å². The number of amides is 1. The summed E-state index contributed by atoms with van der Waals surface area (Å²) in [7, 11) is 1.31. The van der Waals surface area contributed by atoms with E-state index in [1.165, 1.54) is 11.8 Å². The second kappa shape index (κ2) is 5.93. The number of carbonyl (C=O) groups excluding carboxylic acids is 1. The molecule has 0 heterocycles. The molecule has 1 amide bonds. The quantitative estimate of drug-likeness (QED) is 0.778. The lowest BCUT2D eigenvalue weighted by molar-refractivity contribution is 0.0752. The second-order valence-corrected chi connectivity index (χ2v) is 7.86. The highest BCUT2D eigenvalue weighted by Crippen LogP contribution is 2.30. The molecule has 7 heteroatoms. The number of aryl methyl sites for hydroxylation is 1. The molecule has 21 heavy (non-hydrogen) atoms. The van der Waals surface area contributed by atoms with E-state index in [-0.39, 0.29) is 16.0 Å². The molecule has 1 aromatic rings. The van der Waals surface area contributed by atoms with Crippen molar-refractivity contribution in [3.8, 4) is 0 Å². The Hall–Kier alpha value is -1.14. The van der Waals surface area contributed by atoms with Gasteiger partial charge in [0.05, 0.1) is 10.5 Å². The van der Waals surface area contributed by atoms with E-state index in [4.69, 9.17) is 10.7 Å². The number of carbonyl (C=O) groups is 1. The SMILES string of the molecule is CCN(CC1CC1)C(=O)c1cc(S(=O)(=O)Cl)c(C)cc1F. The third kappa shape index (κ3) is 3.74. The summed E-state index contributed by atoms with van der Waals surface area (Å²) in [6.45, 7) is 4.27. The first kappa shape index (κ1) is 16.2. The molecule has 1 aromatic carbocycles. The lowest BCUT2D eigenvalue weighted by Crippen LogP contribution is -2.33. The lowest BCUT2D eigenvalue weighted by atomic mass is 10.1. The van der Waals surface area contributed by atoms with Gasteiger partial charge in [0.15, 0.2) is 0 Å². The summed E-state index contributed by atoms with van der Waals surface area (Å²) in [4.78, 5) is 13.7. The maximum atomic E-state index is 14.0. The minimum atomic E-state index is -4.01. The fourth-order valence-corrected chi connectivity index (χ4v) is 3.42. The summed E-state index contributed by atoms with van der Waals surface area (Å²) in [5.74, 6) is -0.752. The lowest BCUT2D eigenvalue weighted by Gasteiger charge is -2.21. The molecule has 0 saturated heterocycles. The summed E-state index contributed by atoms with van der Waals surface area (Å²) >= 11 is 0. The standard InChI is InChI=1S/C14H17ClFNO3S/c1-3-17(8-10-4-5-10)14(18)11-7-13(21(15,19)20)9(2)6-12(11)16/h6-7,10H,3-5,8H2,1-2H3. The van der Waals surface area contributed by atoms with E-state index in [1.54, 1.807) is 0 Å². The molecular formula is C14H17ClFNO3S. The molecule has 0 bridgehead atoms. The van der Waals surface area contributed by atoms with Crippen LogP contribution >= 0.6 is 10.7 Å². The average Bonchev–Trinajstić information content (AvgIpc) is 3.17. The van der Waals surface area contributed by atoms with Gasteiger partial charge in [0.25, 0.3) is 15.0 Å². The Morgan fingerprint density at radius 1 is 1.43 bits per heavy atom. The maximum absolute atomic E-state index is 14.0. The first-order chi connectivity index (χ1) is 9.74. The Morgan fingerprint density at radius 2 is 2.05 bits per heavy atom. The molecule has 0 unspecified atom stereocenters. The van der Waals surface area contributed by atoms with Crippen molar-refractivity contribution in [2.45, 2.75) is 31.6 Å². The molecule has 2 rings (SSSR count). The van der Waals surface area contributed by atoms with Crippen LogP contribution in [0.3, 0.4) is 0 Å².